The minimum Gasteiger partial charge on any atom is -0.489 e. The number of nitriles is 1. The molecule has 2 aromatic carbocycles. The van der Waals surface area contributed by atoms with Crippen LogP contribution >= 0.6 is 27.5 Å². The molecule has 0 aliphatic rings. The predicted molar refractivity (Wildman–Crippen MR) is 94.8 cm³/mol. The van der Waals surface area contributed by atoms with Crippen molar-refractivity contribution in [2.45, 2.75) is 0 Å². The van der Waals surface area contributed by atoms with Crippen molar-refractivity contribution >= 4 is 39.2 Å². The van der Waals surface area contributed by atoms with E-state index in [2.05, 4.69) is 28.6 Å². The molecule has 0 amide bonds. The van der Waals surface area contributed by atoms with Crippen LogP contribution in [0.2, 0.25) is 5.02 Å². The summed E-state index contributed by atoms with van der Waals surface area (Å²) in [6.07, 6.45) is 3.48. The first-order valence-electron chi connectivity index (χ1n) is 6.55. The SMILES string of the molecule is C=CCOc1ccc(Br)cc1/C=C(\C#N)c1ccc(Cl)cc1. The molecular formula is C18H13BrClNO. The van der Waals surface area contributed by atoms with Crippen LogP contribution in [0.25, 0.3) is 11.6 Å². The molecule has 110 valence electrons. The second-order valence-electron chi connectivity index (χ2n) is 4.46. The molecule has 2 aromatic rings. The van der Waals surface area contributed by atoms with Crippen molar-refractivity contribution in [3.63, 3.8) is 0 Å². The highest BCUT2D eigenvalue weighted by Gasteiger charge is 2.06. The van der Waals surface area contributed by atoms with Crippen LogP contribution in [0.3, 0.4) is 0 Å². The lowest BCUT2D eigenvalue weighted by molar-refractivity contribution is 0.362. The van der Waals surface area contributed by atoms with Crippen LogP contribution < -0.4 is 4.74 Å². The van der Waals surface area contributed by atoms with Gasteiger partial charge in [0.1, 0.15) is 12.4 Å². The van der Waals surface area contributed by atoms with Gasteiger partial charge in [-0.3, -0.25) is 0 Å². The number of hydrogen-bond acceptors (Lipinski definition) is 2. The van der Waals surface area contributed by atoms with Gasteiger partial charge in [-0.15, -0.1) is 0 Å². The third kappa shape index (κ3) is 4.24. The van der Waals surface area contributed by atoms with Gasteiger partial charge < -0.3 is 4.74 Å². The molecule has 0 saturated heterocycles. The predicted octanol–water partition coefficient (Wildman–Crippen LogP) is 5.73. The van der Waals surface area contributed by atoms with E-state index in [1.54, 1.807) is 24.3 Å². The van der Waals surface area contributed by atoms with Gasteiger partial charge in [-0.1, -0.05) is 52.3 Å². The van der Waals surface area contributed by atoms with Crippen molar-refractivity contribution in [3.05, 3.63) is 75.7 Å². The van der Waals surface area contributed by atoms with Gasteiger partial charge in [0.05, 0.1) is 11.6 Å². The highest BCUT2D eigenvalue weighted by molar-refractivity contribution is 9.10. The van der Waals surface area contributed by atoms with Crippen molar-refractivity contribution in [2.24, 2.45) is 0 Å². The molecule has 0 N–H and O–H groups in total. The van der Waals surface area contributed by atoms with Gasteiger partial charge in [0.25, 0.3) is 0 Å². The van der Waals surface area contributed by atoms with Crippen molar-refractivity contribution < 1.29 is 4.74 Å². The molecule has 4 heteroatoms. The minimum absolute atomic E-state index is 0.408. The fourth-order valence-corrected chi connectivity index (χ4v) is 2.38. The van der Waals surface area contributed by atoms with Gasteiger partial charge in [0.15, 0.2) is 0 Å². The smallest absolute Gasteiger partial charge is 0.127 e. The fourth-order valence-electron chi connectivity index (χ4n) is 1.88. The normalized spacial score (nSPS) is 10.9. The van der Waals surface area contributed by atoms with E-state index in [1.807, 2.05) is 30.3 Å². The number of rotatable bonds is 5. The third-order valence-corrected chi connectivity index (χ3v) is 3.65. The molecule has 22 heavy (non-hydrogen) atoms. The van der Waals surface area contributed by atoms with Crippen molar-refractivity contribution in [1.29, 1.82) is 5.26 Å². The monoisotopic (exact) mass is 373 g/mol. The summed E-state index contributed by atoms with van der Waals surface area (Å²) in [4.78, 5) is 0. The van der Waals surface area contributed by atoms with Gasteiger partial charge in [-0.2, -0.15) is 5.26 Å². The molecule has 0 spiro atoms. The van der Waals surface area contributed by atoms with Crippen LogP contribution in [-0.2, 0) is 0 Å². The minimum atomic E-state index is 0.408. The second kappa shape index (κ2) is 7.84. The molecule has 0 fully saturated rings. The number of ether oxygens (including phenoxy) is 1. The Labute approximate surface area is 143 Å². The highest BCUT2D eigenvalue weighted by Crippen LogP contribution is 2.28. The molecule has 0 bridgehead atoms. The lowest BCUT2D eigenvalue weighted by atomic mass is 10.0. The van der Waals surface area contributed by atoms with E-state index in [-0.39, 0.29) is 0 Å². The van der Waals surface area contributed by atoms with Crippen LogP contribution in [0.1, 0.15) is 11.1 Å². The van der Waals surface area contributed by atoms with E-state index in [4.69, 9.17) is 16.3 Å². The first-order valence-corrected chi connectivity index (χ1v) is 7.72. The number of nitrogens with zero attached hydrogens (tertiary/aromatic N) is 1. The molecule has 2 rings (SSSR count). The Kier molecular flexibility index (Phi) is 5.83. The quantitative estimate of drug-likeness (QED) is 0.380. The number of hydrogen-bond donors (Lipinski definition) is 0. The molecule has 0 radical (unpaired) electrons. The number of benzene rings is 2. The Bertz CT molecular complexity index is 745. The Morgan fingerprint density at radius 3 is 2.64 bits per heavy atom. The standard InChI is InChI=1S/C18H13BrClNO/c1-2-9-22-18-8-5-16(19)11-14(18)10-15(12-21)13-3-6-17(20)7-4-13/h2-8,10-11H,1,9H2/b15-10+. The molecular weight excluding hydrogens is 362 g/mol. The molecule has 0 unspecified atom stereocenters. The second-order valence-corrected chi connectivity index (χ2v) is 5.81. The van der Waals surface area contributed by atoms with Crippen LogP contribution in [-0.4, -0.2) is 6.61 Å². The van der Waals surface area contributed by atoms with Gasteiger partial charge in [-0.25, -0.2) is 0 Å². The van der Waals surface area contributed by atoms with Gasteiger partial charge in [-0.05, 0) is 42.0 Å². The first kappa shape index (κ1) is 16.4. The van der Waals surface area contributed by atoms with E-state index >= 15 is 0 Å². The molecule has 0 heterocycles. The maximum absolute atomic E-state index is 9.43. The largest absolute Gasteiger partial charge is 0.489 e. The summed E-state index contributed by atoms with van der Waals surface area (Å²) in [5.41, 5.74) is 2.17. The van der Waals surface area contributed by atoms with Gasteiger partial charge >= 0.3 is 0 Å². The molecule has 0 atom stereocenters. The van der Waals surface area contributed by atoms with E-state index in [9.17, 15) is 5.26 Å². The zero-order valence-corrected chi connectivity index (χ0v) is 14.1. The summed E-state index contributed by atoms with van der Waals surface area (Å²) < 4.78 is 6.54. The Hall–Kier alpha value is -2.02. The van der Waals surface area contributed by atoms with Gasteiger partial charge in [0, 0.05) is 15.1 Å². The molecule has 2 nitrogen and oxygen atoms in total. The van der Waals surface area contributed by atoms with E-state index in [0.29, 0.717) is 23.0 Å². The number of halogens is 2. The summed E-state index contributed by atoms with van der Waals surface area (Å²) in [6.45, 7) is 4.05. The topological polar surface area (TPSA) is 33.0 Å². The Balaban J connectivity index is 2.44. The van der Waals surface area contributed by atoms with Crippen molar-refractivity contribution in [3.8, 4) is 11.8 Å². The lowest BCUT2D eigenvalue weighted by Crippen LogP contribution is -1.95. The van der Waals surface area contributed by atoms with Gasteiger partial charge in [0.2, 0.25) is 0 Å². The maximum Gasteiger partial charge on any atom is 0.127 e. The highest BCUT2D eigenvalue weighted by atomic mass is 79.9. The lowest BCUT2D eigenvalue weighted by Gasteiger charge is -2.09. The molecule has 0 aliphatic heterocycles. The molecule has 0 aromatic heterocycles. The summed E-state index contributed by atoms with van der Waals surface area (Å²) in [5.74, 6) is 0.699. The summed E-state index contributed by atoms with van der Waals surface area (Å²) in [6, 6.07) is 15.0. The Morgan fingerprint density at radius 2 is 2.00 bits per heavy atom. The van der Waals surface area contributed by atoms with Crippen molar-refractivity contribution in [1.82, 2.24) is 0 Å². The van der Waals surface area contributed by atoms with E-state index < -0.39 is 0 Å². The first-order chi connectivity index (χ1) is 10.6. The zero-order chi connectivity index (χ0) is 15.9. The maximum atomic E-state index is 9.43. The summed E-state index contributed by atoms with van der Waals surface area (Å²) in [7, 11) is 0. The molecule has 0 saturated carbocycles. The van der Waals surface area contributed by atoms with E-state index in [1.165, 1.54) is 0 Å². The van der Waals surface area contributed by atoms with Crippen LogP contribution in [0.5, 0.6) is 5.75 Å². The number of allylic oxidation sites excluding steroid dienone is 1. The summed E-state index contributed by atoms with van der Waals surface area (Å²) >= 11 is 9.32. The average Bonchev–Trinajstić information content (AvgIpc) is 2.53. The molecule has 0 aliphatic carbocycles. The van der Waals surface area contributed by atoms with Crippen molar-refractivity contribution in [2.75, 3.05) is 6.61 Å². The van der Waals surface area contributed by atoms with Crippen LogP contribution in [0.15, 0.2) is 59.6 Å². The summed E-state index contributed by atoms with van der Waals surface area (Å²) in [5, 5.41) is 10.1. The fraction of sp³-hybridized carbons (Fsp3) is 0.0556. The zero-order valence-electron chi connectivity index (χ0n) is 11.7. The average molecular weight is 375 g/mol. The third-order valence-electron chi connectivity index (χ3n) is 2.90. The van der Waals surface area contributed by atoms with Crippen LogP contribution in [0.4, 0.5) is 0 Å². The van der Waals surface area contributed by atoms with E-state index in [0.717, 1.165) is 15.6 Å². The Morgan fingerprint density at radius 1 is 1.27 bits per heavy atom. The van der Waals surface area contributed by atoms with Crippen LogP contribution in [0, 0.1) is 11.3 Å².